The summed E-state index contributed by atoms with van der Waals surface area (Å²) in [4.78, 5) is 8.81. The van der Waals surface area contributed by atoms with E-state index in [2.05, 4.69) is 15.5 Å². The van der Waals surface area contributed by atoms with Crippen LogP contribution >= 0.6 is 22.7 Å². The quantitative estimate of drug-likeness (QED) is 0.545. The SMILES string of the molecule is COc1cccc2sc(-c3cc(F)cc4s[c]nc34)nc12. The van der Waals surface area contributed by atoms with Crippen LogP contribution < -0.4 is 4.74 Å². The number of benzene rings is 2. The van der Waals surface area contributed by atoms with Crippen LogP contribution in [-0.2, 0) is 0 Å². The minimum absolute atomic E-state index is 0.290. The highest BCUT2D eigenvalue weighted by Crippen LogP contribution is 2.38. The molecule has 0 saturated heterocycles. The standard InChI is InChI=1S/C15H8FN2OS2/c1-19-10-3-2-4-11-14(10)18-15(21-11)9-5-8(16)6-12-13(9)17-7-20-12/h2-6H,1H3. The minimum atomic E-state index is -0.290. The number of ether oxygens (including phenoxy) is 1. The summed E-state index contributed by atoms with van der Waals surface area (Å²) in [6.45, 7) is 0. The maximum Gasteiger partial charge on any atom is 0.153 e. The molecule has 0 N–H and O–H groups in total. The highest BCUT2D eigenvalue weighted by Gasteiger charge is 2.15. The fourth-order valence-electron chi connectivity index (χ4n) is 2.25. The Labute approximate surface area is 127 Å². The van der Waals surface area contributed by atoms with Gasteiger partial charge in [-0.05, 0) is 24.3 Å². The van der Waals surface area contributed by atoms with Crippen molar-refractivity contribution in [2.75, 3.05) is 7.11 Å². The van der Waals surface area contributed by atoms with Crippen LogP contribution in [0.4, 0.5) is 4.39 Å². The van der Waals surface area contributed by atoms with Crippen molar-refractivity contribution in [3.05, 3.63) is 41.7 Å². The molecule has 0 aliphatic carbocycles. The lowest BCUT2D eigenvalue weighted by Gasteiger charge is -1.99. The Morgan fingerprint density at radius 3 is 2.95 bits per heavy atom. The van der Waals surface area contributed by atoms with Crippen molar-refractivity contribution in [2.45, 2.75) is 0 Å². The van der Waals surface area contributed by atoms with Crippen molar-refractivity contribution < 1.29 is 9.13 Å². The molecule has 4 rings (SSSR count). The third kappa shape index (κ3) is 1.99. The van der Waals surface area contributed by atoms with Crippen LogP contribution in [0.15, 0.2) is 30.3 Å². The van der Waals surface area contributed by atoms with Crippen molar-refractivity contribution in [3.8, 4) is 16.3 Å². The molecule has 0 unspecified atom stereocenters. The third-order valence-electron chi connectivity index (χ3n) is 3.19. The zero-order valence-corrected chi connectivity index (χ0v) is 12.5. The van der Waals surface area contributed by atoms with Gasteiger partial charge in [0.25, 0.3) is 0 Å². The van der Waals surface area contributed by atoms with Gasteiger partial charge >= 0.3 is 0 Å². The van der Waals surface area contributed by atoms with E-state index in [0.29, 0.717) is 11.3 Å². The van der Waals surface area contributed by atoms with Crippen molar-refractivity contribution >= 4 is 43.1 Å². The number of rotatable bonds is 2. The van der Waals surface area contributed by atoms with E-state index >= 15 is 0 Å². The van der Waals surface area contributed by atoms with Crippen LogP contribution in [0.2, 0.25) is 0 Å². The molecule has 0 amide bonds. The van der Waals surface area contributed by atoms with E-state index in [9.17, 15) is 4.39 Å². The number of methoxy groups -OCH3 is 1. The van der Waals surface area contributed by atoms with Gasteiger partial charge in [0.05, 0.1) is 22.0 Å². The van der Waals surface area contributed by atoms with Gasteiger partial charge in [-0.3, -0.25) is 0 Å². The van der Waals surface area contributed by atoms with Gasteiger partial charge in [0.2, 0.25) is 0 Å². The van der Waals surface area contributed by atoms with Crippen molar-refractivity contribution in [2.24, 2.45) is 0 Å². The van der Waals surface area contributed by atoms with Gasteiger partial charge in [-0.25, -0.2) is 14.4 Å². The highest BCUT2D eigenvalue weighted by molar-refractivity contribution is 7.22. The maximum absolute atomic E-state index is 13.8. The van der Waals surface area contributed by atoms with Crippen LogP contribution in [-0.4, -0.2) is 17.1 Å². The second-order valence-electron chi connectivity index (χ2n) is 4.43. The molecule has 0 aliphatic heterocycles. The smallest absolute Gasteiger partial charge is 0.153 e. The Hall–Kier alpha value is -2.05. The number of thiazole rings is 2. The number of hydrogen-bond donors (Lipinski definition) is 0. The summed E-state index contributed by atoms with van der Waals surface area (Å²) in [5.74, 6) is 0.425. The average molecular weight is 315 g/mol. The number of para-hydroxylation sites is 1. The van der Waals surface area contributed by atoms with Gasteiger partial charge < -0.3 is 4.74 Å². The molecule has 2 aromatic heterocycles. The molecule has 0 spiro atoms. The number of nitrogens with zero attached hydrogens (tertiary/aromatic N) is 2. The molecular formula is C15H8FN2OS2. The van der Waals surface area contributed by atoms with Crippen molar-refractivity contribution in [1.29, 1.82) is 0 Å². The third-order valence-corrected chi connectivity index (χ3v) is 4.95. The molecule has 2 heterocycles. The number of fused-ring (bicyclic) bond motifs is 2. The van der Waals surface area contributed by atoms with Gasteiger partial charge in [0, 0.05) is 5.56 Å². The molecule has 4 aromatic rings. The Bertz CT molecular complexity index is 961. The second-order valence-corrected chi connectivity index (χ2v) is 6.29. The lowest BCUT2D eigenvalue weighted by Crippen LogP contribution is -1.85. The Balaban J connectivity index is 2.02. The largest absolute Gasteiger partial charge is 0.494 e. The van der Waals surface area contributed by atoms with E-state index in [-0.39, 0.29) is 5.82 Å². The first-order chi connectivity index (χ1) is 10.3. The van der Waals surface area contributed by atoms with E-state index in [4.69, 9.17) is 4.74 Å². The number of halogens is 1. The Morgan fingerprint density at radius 1 is 1.19 bits per heavy atom. The van der Waals surface area contributed by atoms with Crippen molar-refractivity contribution in [1.82, 2.24) is 9.97 Å². The maximum atomic E-state index is 13.8. The topological polar surface area (TPSA) is 35.0 Å². The molecule has 0 atom stereocenters. The summed E-state index contributed by atoms with van der Waals surface area (Å²) in [5, 5.41) is 0.735. The lowest BCUT2D eigenvalue weighted by atomic mass is 10.2. The lowest BCUT2D eigenvalue weighted by molar-refractivity contribution is 0.419. The zero-order valence-electron chi connectivity index (χ0n) is 10.9. The molecule has 2 aromatic carbocycles. The average Bonchev–Trinajstić information content (AvgIpc) is 3.11. The van der Waals surface area contributed by atoms with Gasteiger partial charge in [-0.15, -0.1) is 22.7 Å². The van der Waals surface area contributed by atoms with Crippen LogP contribution in [0.25, 0.3) is 31.0 Å². The fourth-order valence-corrected chi connectivity index (χ4v) is 3.91. The molecule has 0 aliphatic rings. The Morgan fingerprint density at radius 2 is 2.10 bits per heavy atom. The van der Waals surface area contributed by atoms with E-state index in [1.54, 1.807) is 7.11 Å². The van der Waals surface area contributed by atoms with Crippen molar-refractivity contribution in [3.63, 3.8) is 0 Å². The molecule has 1 radical (unpaired) electrons. The van der Waals surface area contributed by atoms with Crippen LogP contribution in [0.3, 0.4) is 0 Å². The van der Waals surface area contributed by atoms with Gasteiger partial charge in [0.15, 0.2) is 5.51 Å². The molecule has 21 heavy (non-hydrogen) atoms. The molecule has 6 heteroatoms. The second kappa shape index (κ2) is 4.75. The zero-order chi connectivity index (χ0) is 14.4. The van der Waals surface area contributed by atoms with Crippen LogP contribution in [0.5, 0.6) is 5.75 Å². The van der Waals surface area contributed by atoms with Gasteiger partial charge in [0.1, 0.15) is 22.1 Å². The predicted octanol–water partition coefficient (Wildman–Crippen LogP) is 4.52. The number of aromatic nitrogens is 2. The Kier molecular flexibility index (Phi) is 2.87. The summed E-state index contributed by atoms with van der Waals surface area (Å²) in [6.07, 6.45) is 0. The van der Waals surface area contributed by atoms with Crippen LogP contribution in [0, 0.1) is 11.3 Å². The normalized spacial score (nSPS) is 11.3. The molecule has 0 saturated carbocycles. The highest BCUT2D eigenvalue weighted by atomic mass is 32.1. The summed E-state index contributed by atoms with van der Waals surface area (Å²) >= 11 is 2.80. The predicted molar refractivity (Wildman–Crippen MR) is 83.6 cm³/mol. The summed E-state index contributed by atoms with van der Waals surface area (Å²) in [6, 6.07) is 8.70. The molecule has 3 nitrogen and oxygen atoms in total. The van der Waals surface area contributed by atoms with E-state index in [1.807, 2.05) is 18.2 Å². The first kappa shape index (κ1) is 12.7. The van der Waals surface area contributed by atoms with Gasteiger partial charge in [-0.1, -0.05) is 6.07 Å². The number of hydrogen-bond acceptors (Lipinski definition) is 5. The molecule has 0 bridgehead atoms. The fraction of sp³-hybridized carbons (Fsp3) is 0.0667. The van der Waals surface area contributed by atoms with Gasteiger partial charge in [-0.2, -0.15) is 0 Å². The molecule has 0 fully saturated rings. The van der Waals surface area contributed by atoms with E-state index in [0.717, 1.165) is 25.4 Å². The summed E-state index contributed by atoms with van der Waals surface area (Å²) in [7, 11) is 1.61. The van der Waals surface area contributed by atoms with E-state index in [1.165, 1.54) is 34.8 Å². The summed E-state index contributed by atoms with van der Waals surface area (Å²) in [5.41, 5.74) is 5.03. The molecular weight excluding hydrogens is 307 g/mol. The molecule has 103 valence electrons. The first-order valence-electron chi connectivity index (χ1n) is 6.16. The minimum Gasteiger partial charge on any atom is -0.494 e. The summed E-state index contributed by atoms with van der Waals surface area (Å²) < 4.78 is 20.9. The monoisotopic (exact) mass is 315 g/mol. The van der Waals surface area contributed by atoms with E-state index < -0.39 is 0 Å². The first-order valence-corrected chi connectivity index (χ1v) is 7.79. The van der Waals surface area contributed by atoms with Crippen LogP contribution in [0.1, 0.15) is 0 Å².